The average Bonchev–Trinajstić information content (AvgIpc) is 3.02. The summed E-state index contributed by atoms with van der Waals surface area (Å²) in [6, 6.07) is 8.49. The van der Waals surface area contributed by atoms with Crippen LogP contribution in [0, 0.1) is 0 Å². The second-order valence-corrected chi connectivity index (χ2v) is 6.75. The van der Waals surface area contributed by atoms with Crippen LogP contribution in [0.2, 0.25) is 0 Å². The zero-order valence-corrected chi connectivity index (χ0v) is 15.0. The van der Waals surface area contributed by atoms with E-state index >= 15 is 0 Å². The minimum Gasteiger partial charge on any atom is -0.465 e. The summed E-state index contributed by atoms with van der Waals surface area (Å²) in [7, 11) is 0. The average molecular weight is 332 g/mol. The van der Waals surface area contributed by atoms with E-state index in [2.05, 4.69) is 41.5 Å². The molecule has 1 aromatic carbocycles. The fourth-order valence-electron chi connectivity index (χ4n) is 2.10. The van der Waals surface area contributed by atoms with Gasteiger partial charge in [0.15, 0.2) is 0 Å². The SMILES string of the molecule is CCOC(=O)C(C)(C)NCc1csc(-c2ccc(CC)cc2)n1. The summed E-state index contributed by atoms with van der Waals surface area (Å²) in [6.45, 7) is 8.52. The van der Waals surface area contributed by atoms with Gasteiger partial charge in [-0.1, -0.05) is 31.2 Å². The van der Waals surface area contributed by atoms with Crippen molar-refractivity contribution < 1.29 is 9.53 Å². The Bertz CT molecular complexity index is 647. The molecular weight excluding hydrogens is 308 g/mol. The number of rotatable bonds is 7. The van der Waals surface area contributed by atoms with Crippen molar-refractivity contribution in [1.29, 1.82) is 0 Å². The number of thiazole rings is 1. The van der Waals surface area contributed by atoms with Crippen LogP contribution in [0.5, 0.6) is 0 Å². The highest BCUT2D eigenvalue weighted by molar-refractivity contribution is 7.13. The molecule has 1 N–H and O–H groups in total. The number of nitrogens with one attached hydrogen (secondary N) is 1. The minimum absolute atomic E-state index is 0.245. The molecule has 1 heterocycles. The smallest absolute Gasteiger partial charge is 0.325 e. The van der Waals surface area contributed by atoms with Crippen LogP contribution in [0.1, 0.15) is 39.0 Å². The van der Waals surface area contributed by atoms with Gasteiger partial charge in [-0.05, 0) is 32.8 Å². The summed E-state index contributed by atoms with van der Waals surface area (Å²) in [5.41, 5.74) is 2.66. The van der Waals surface area contributed by atoms with E-state index in [1.165, 1.54) is 5.56 Å². The first-order valence-corrected chi connectivity index (χ1v) is 8.80. The molecule has 0 aliphatic carbocycles. The summed E-state index contributed by atoms with van der Waals surface area (Å²) in [5, 5.41) is 6.24. The highest BCUT2D eigenvalue weighted by Crippen LogP contribution is 2.24. The number of benzene rings is 1. The van der Waals surface area contributed by atoms with Crippen LogP contribution in [0.4, 0.5) is 0 Å². The van der Waals surface area contributed by atoms with Crippen molar-refractivity contribution >= 4 is 17.3 Å². The van der Waals surface area contributed by atoms with Crippen molar-refractivity contribution in [3.8, 4) is 10.6 Å². The van der Waals surface area contributed by atoms with E-state index in [0.29, 0.717) is 13.2 Å². The maximum atomic E-state index is 11.9. The van der Waals surface area contributed by atoms with E-state index in [4.69, 9.17) is 4.74 Å². The topological polar surface area (TPSA) is 51.2 Å². The summed E-state index contributed by atoms with van der Waals surface area (Å²) >= 11 is 1.62. The first kappa shape index (κ1) is 17.6. The third-order valence-corrected chi connectivity index (χ3v) is 4.60. The van der Waals surface area contributed by atoms with Crippen LogP contribution in [-0.4, -0.2) is 23.1 Å². The second-order valence-electron chi connectivity index (χ2n) is 5.89. The molecule has 0 unspecified atom stereocenters. The maximum absolute atomic E-state index is 11.9. The van der Waals surface area contributed by atoms with Crippen LogP contribution < -0.4 is 5.32 Å². The van der Waals surface area contributed by atoms with Gasteiger partial charge in [0, 0.05) is 17.5 Å². The van der Waals surface area contributed by atoms with E-state index < -0.39 is 5.54 Å². The van der Waals surface area contributed by atoms with Gasteiger partial charge in [-0.15, -0.1) is 11.3 Å². The molecule has 5 heteroatoms. The molecule has 124 valence electrons. The van der Waals surface area contributed by atoms with Crippen LogP contribution in [0.15, 0.2) is 29.6 Å². The quantitative estimate of drug-likeness (QED) is 0.784. The zero-order valence-electron chi connectivity index (χ0n) is 14.2. The maximum Gasteiger partial charge on any atom is 0.325 e. The fraction of sp³-hybridized carbons (Fsp3) is 0.444. The number of aromatic nitrogens is 1. The van der Waals surface area contributed by atoms with Crippen molar-refractivity contribution in [2.24, 2.45) is 0 Å². The Morgan fingerprint density at radius 3 is 2.57 bits per heavy atom. The van der Waals surface area contributed by atoms with Crippen molar-refractivity contribution in [3.63, 3.8) is 0 Å². The van der Waals surface area contributed by atoms with Gasteiger partial charge in [-0.2, -0.15) is 0 Å². The number of hydrogen-bond acceptors (Lipinski definition) is 5. The van der Waals surface area contributed by atoms with E-state index in [1.807, 2.05) is 26.2 Å². The van der Waals surface area contributed by atoms with Gasteiger partial charge in [0.25, 0.3) is 0 Å². The molecule has 0 radical (unpaired) electrons. The number of carbonyl (C=O) groups excluding carboxylic acids is 1. The lowest BCUT2D eigenvalue weighted by Gasteiger charge is -2.23. The predicted octanol–water partition coefficient (Wildman–Crippen LogP) is 3.80. The van der Waals surface area contributed by atoms with Crippen LogP contribution in [0.3, 0.4) is 0 Å². The number of esters is 1. The second kappa shape index (κ2) is 7.70. The molecule has 0 spiro atoms. The van der Waals surface area contributed by atoms with Crippen molar-refractivity contribution in [1.82, 2.24) is 10.3 Å². The molecule has 0 aliphatic heterocycles. The number of aryl methyl sites for hydroxylation is 1. The third kappa shape index (κ3) is 4.62. The highest BCUT2D eigenvalue weighted by atomic mass is 32.1. The third-order valence-electron chi connectivity index (χ3n) is 3.66. The Balaban J connectivity index is 2.00. The molecule has 23 heavy (non-hydrogen) atoms. The van der Waals surface area contributed by atoms with Gasteiger partial charge < -0.3 is 4.74 Å². The Labute approximate surface area is 141 Å². The van der Waals surface area contributed by atoms with Gasteiger partial charge in [-0.25, -0.2) is 4.98 Å². The minimum atomic E-state index is -0.720. The van der Waals surface area contributed by atoms with E-state index in [1.54, 1.807) is 11.3 Å². The number of hydrogen-bond donors (Lipinski definition) is 1. The molecule has 0 atom stereocenters. The Kier molecular flexibility index (Phi) is 5.91. The van der Waals surface area contributed by atoms with Gasteiger partial charge >= 0.3 is 5.97 Å². The number of ether oxygens (including phenoxy) is 1. The summed E-state index contributed by atoms with van der Waals surface area (Å²) in [6.07, 6.45) is 1.04. The van der Waals surface area contributed by atoms with E-state index in [9.17, 15) is 4.79 Å². The predicted molar refractivity (Wildman–Crippen MR) is 94.5 cm³/mol. The molecule has 0 aliphatic rings. The molecule has 0 amide bonds. The standard InChI is InChI=1S/C18H24N2O2S/c1-5-13-7-9-14(10-8-13)16-20-15(12-23-16)11-19-18(3,4)17(21)22-6-2/h7-10,12,19H,5-6,11H2,1-4H3. The lowest BCUT2D eigenvalue weighted by atomic mass is 10.1. The molecule has 2 rings (SSSR count). The molecule has 0 bridgehead atoms. The van der Waals surface area contributed by atoms with Crippen LogP contribution in [0.25, 0.3) is 10.6 Å². The summed E-state index contributed by atoms with van der Waals surface area (Å²) < 4.78 is 5.07. The molecular formula is C18H24N2O2S. The van der Waals surface area contributed by atoms with Crippen molar-refractivity contribution in [2.75, 3.05) is 6.61 Å². The summed E-state index contributed by atoms with van der Waals surface area (Å²) in [5.74, 6) is -0.245. The lowest BCUT2D eigenvalue weighted by Crippen LogP contribution is -2.47. The molecule has 0 saturated heterocycles. The van der Waals surface area contributed by atoms with Crippen molar-refractivity contribution in [2.45, 2.75) is 46.2 Å². The van der Waals surface area contributed by atoms with Gasteiger partial charge in [0.05, 0.1) is 12.3 Å². The molecule has 0 saturated carbocycles. The Morgan fingerprint density at radius 1 is 1.26 bits per heavy atom. The number of nitrogens with zero attached hydrogens (tertiary/aromatic N) is 1. The normalized spacial score (nSPS) is 11.5. The Hall–Kier alpha value is -1.72. The lowest BCUT2D eigenvalue weighted by molar-refractivity contribution is -0.149. The number of carbonyl (C=O) groups is 1. The van der Waals surface area contributed by atoms with Gasteiger partial charge in [0.2, 0.25) is 0 Å². The fourth-order valence-corrected chi connectivity index (χ4v) is 2.92. The van der Waals surface area contributed by atoms with E-state index in [0.717, 1.165) is 22.7 Å². The largest absolute Gasteiger partial charge is 0.465 e. The molecule has 2 aromatic rings. The first-order valence-electron chi connectivity index (χ1n) is 7.92. The zero-order chi connectivity index (χ0) is 16.9. The van der Waals surface area contributed by atoms with Crippen molar-refractivity contribution in [3.05, 3.63) is 40.9 Å². The highest BCUT2D eigenvalue weighted by Gasteiger charge is 2.28. The van der Waals surface area contributed by atoms with Gasteiger partial charge in [-0.3, -0.25) is 10.1 Å². The Morgan fingerprint density at radius 2 is 1.96 bits per heavy atom. The monoisotopic (exact) mass is 332 g/mol. The van der Waals surface area contributed by atoms with Crippen LogP contribution >= 0.6 is 11.3 Å². The van der Waals surface area contributed by atoms with E-state index in [-0.39, 0.29) is 5.97 Å². The van der Waals surface area contributed by atoms with Crippen LogP contribution in [-0.2, 0) is 22.5 Å². The summed E-state index contributed by atoms with van der Waals surface area (Å²) in [4.78, 5) is 16.5. The molecule has 1 aromatic heterocycles. The van der Waals surface area contributed by atoms with Gasteiger partial charge in [0.1, 0.15) is 10.5 Å². The molecule has 4 nitrogen and oxygen atoms in total. The first-order chi connectivity index (χ1) is 11.0. The molecule has 0 fully saturated rings.